The number of benzene rings is 2. The third kappa shape index (κ3) is 2.19. The highest BCUT2D eigenvalue weighted by atomic mass is 32.1. The molecule has 3 heteroatoms. The third-order valence-corrected chi connectivity index (χ3v) is 4.47. The van der Waals surface area contributed by atoms with Gasteiger partial charge < -0.3 is 9.84 Å². The Bertz CT molecular complexity index is 746. The number of ether oxygens (including phenoxy) is 1. The lowest BCUT2D eigenvalue weighted by atomic mass is 9.98. The van der Waals surface area contributed by atoms with Gasteiger partial charge >= 0.3 is 0 Å². The van der Waals surface area contributed by atoms with E-state index in [0.717, 1.165) is 27.8 Å². The molecule has 102 valence electrons. The summed E-state index contributed by atoms with van der Waals surface area (Å²) >= 11 is 1.65. The zero-order valence-electron chi connectivity index (χ0n) is 11.5. The van der Waals surface area contributed by atoms with E-state index in [9.17, 15) is 5.11 Å². The molecule has 0 spiro atoms. The fourth-order valence-corrected chi connectivity index (χ4v) is 3.42. The minimum absolute atomic E-state index is 0.666. The predicted molar refractivity (Wildman–Crippen MR) is 83.6 cm³/mol. The first-order valence-electron chi connectivity index (χ1n) is 6.49. The van der Waals surface area contributed by atoms with Gasteiger partial charge in [0.15, 0.2) is 0 Å². The van der Waals surface area contributed by atoms with E-state index in [4.69, 9.17) is 4.74 Å². The van der Waals surface area contributed by atoms with Crippen LogP contribution in [0.25, 0.3) is 10.1 Å². The average molecular weight is 284 g/mol. The van der Waals surface area contributed by atoms with Gasteiger partial charge in [0.25, 0.3) is 0 Å². The van der Waals surface area contributed by atoms with Gasteiger partial charge in [-0.3, -0.25) is 0 Å². The van der Waals surface area contributed by atoms with E-state index >= 15 is 0 Å². The Morgan fingerprint density at radius 3 is 2.70 bits per heavy atom. The Morgan fingerprint density at radius 2 is 1.90 bits per heavy atom. The van der Waals surface area contributed by atoms with E-state index in [1.807, 2.05) is 48.7 Å². The molecular formula is C17H16O2S. The first kappa shape index (κ1) is 13.2. The van der Waals surface area contributed by atoms with Crippen molar-refractivity contribution in [2.24, 2.45) is 0 Å². The Labute approximate surface area is 122 Å². The fraction of sp³-hybridized carbons (Fsp3) is 0.176. The van der Waals surface area contributed by atoms with Crippen LogP contribution in [0.2, 0.25) is 0 Å². The third-order valence-electron chi connectivity index (χ3n) is 3.49. The van der Waals surface area contributed by atoms with Crippen molar-refractivity contribution in [2.45, 2.75) is 13.0 Å². The second-order valence-electron chi connectivity index (χ2n) is 4.84. The van der Waals surface area contributed by atoms with E-state index in [1.165, 1.54) is 4.70 Å². The molecule has 3 rings (SSSR count). The maximum Gasteiger partial charge on any atom is 0.125 e. The SMILES string of the molecule is COc1ccc(C)cc1C(O)c1csc2ccccc12. The molecule has 0 aliphatic heterocycles. The number of aliphatic hydroxyl groups excluding tert-OH is 1. The largest absolute Gasteiger partial charge is 0.496 e. The van der Waals surface area contributed by atoms with E-state index < -0.39 is 6.10 Å². The van der Waals surface area contributed by atoms with Crippen molar-refractivity contribution in [3.8, 4) is 5.75 Å². The molecule has 1 unspecified atom stereocenters. The molecule has 0 bridgehead atoms. The zero-order chi connectivity index (χ0) is 14.1. The van der Waals surface area contributed by atoms with Gasteiger partial charge in [0.05, 0.1) is 7.11 Å². The Hall–Kier alpha value is -1.84. The quantitative estimate of drug-likeness (QED) is 0.777. The highest BCUT2D eigenvalue weighted by molar-refractivity contribution is 7.17. The Balaban J connectivity index is 2.13. The molecule has 2 aromatic carbocycles. The lowest BCUT2D eigenvalue weighted by Crippen LogP contribution is -2.02. The first-order valence-corrected chi connectivity index (χ1v) is 7.37. The number of rotatable bonds is 3. The van der Waals surface area contributed by atoms with Gasteiger partial charge in [-0.05, 0) is 35.9 Å². The molecule has 0 amide bonds. The molecule has 0 saturated heterocycles. The summed E-state index contributed by atoms with van der Waals surface area (Å²) in [6.07, 6.45) is -0.666. The van der Waals surface area contributed by atoms with Crippen molar-refractivity contribution in [2.75, 3.05) is 7.11 Å². The van der Waals surface area contributed by atoms with Crippen molar-refractivity contribution >= 4 is 21.4 Å². The van der Waals surface area contributed by atoms with Crippen molar-refractivity contribution in [3.05, 3.63) is 64.5 Å². The van der Waals surface area contributed by atoms with E-state index in [0.29, 0.717) is 0 Å². The highest BCUT2D eigenvalue weighted by Gasteiger charge is 2.18. The number of methoxy groups -OCH3 is 1. The lowest BCUT2D eigenvalue weighted by molar-refractivity contribution is 0.216. The minimum Gasteiger partial charge on any atom is -0.496 e. The fourth-order valence-electron chi connectivity index (χ4n) is 2.45. The number of thiophene rings is 1. The Morgan fingerprint density at radius 1 is 1.10 bits per heavy atom. The summed E-state index contributed by atoms with van der Waals surface area (Å²) in [5.41, 5.74) is 2.87. The zero-order valence-corrected chi connectivity index (χ0v) is 12.3. The van der Waals surface area contributed by atoms with Gasteiger partial charge in [0.2, 0.25) is 0 Å². The molecule has 1 heterocycles. The van der Waals surface area contributed by atoms with Gasteiger partial charge in [-0.2, -0.15) is 0 Å². The number of hydrogen-bond acceptors (Lipinski definition) is 3. The number of fused-ring (bicyclic) bond motifs is 1. The van der Waals surface area contributed by atoms with Crippen LogP contribution in [0, 0.1) is 6.92 Å². The predicted octanol–water partition coefficient (Wildman–Crippen LogP) is 4.30. The van der Waals surface area contributed by atoms with Gasteiger partial charge in [0.1, 0.15) is 11.9 Å². The average Bonchev–Trinajstić information content (AvgIpc) is 2.90. The van der Waals surface area contributed by atoms with E-state index in [1.54, 1.807) is 18.4 Å². The minimum atomic E-state index is -0.666. The molecule has 0 fully saturated rings. The van der Waals surface area contributed by atoms with Gasteiger partial charge in [-0.1, -0.05) is 29.8 Å². The maximum atomic E-state index is 10.7. The summed E-state index contributed by atoms with van der Waals surface area (Å²) in [7, 11) is 1.63. The van der Waals surface area contributed by atoms with Crippen LogP contribution < -0.4 is 4.74 Å². The molecule has 0 aliphatic rings. The molecule has 20 heavy (non-hydrogen) atoms. The van der Waals surface area contributed by atoms with Crippen molar-refractivity contribution < 1.29 is 9.84 Å². The molecule has 1 N–H and O–H groups in total. The van der Waals surface area contributed by atoms with Gasteiger partial charge in [-0.15, -0.1) is 11.3 Å². The van der Waals surface area contributed by atoms with Crippen LogP contribution in [-0.2, 0) is 0 Å². The van der Waals surface area contributed by atoms with Crippen LogP contribution in [-0.4, -0.2) is 12.2 Å². The molecule has 3 aromatic rings. The standard InChI is InChI=1S/C17H16O2S/c1-11-7-8-15(19-2)13(9-11)17(18)14-10-20-16-6-4-3-5-12(14)16/h3-10,17-18H,1-2H3. The van der Waals surface area contributed by atoms with Crippen LogP contribution in [0.4, 0.5) is 0 Å². The van der Waals surface area contributed by atoms with Crippen LogP contribution in [0.3, 0.4) is 0 Å². The molecule has 0 radical (unpaired) electrons. The summed E-state index contributed by atoms with van der Waals surface area (Å²) in [5, 5.41) is 13.9. The number of hydrogen-bond donors (Lipinski definition) is 1. The summed E-state index contributed by atoms with van der Waals surface area (Å²) < 4.78 is 6.56. The van der Waals surface area contributed by atoms with E-state index in [2.05, 4.69) is 6.07 Å². The molecular weight excluding hydrogens is 268 g/mol. The lowest BCUT2D eigenvalue weighted by Gasteiger charge is -2.15. The summed E-state index contributed by atoms with van der Waals surface area (Å²) in [4.78, 5) is 0. The summed E-state index contributed by atoms with van der Waals surface area (Å²) in [5.74, 6) is 0.721. The molecule has 1 atom stereocenters. The van der Waals surface area contributed by atoms with Gasteiger partial charge in [0, 0.05) is 15.8 Å². The molecule has 0 saturated carbocycles. The second-order valence-corrected chi connectivity index (χ2v) is 5.75. The first-order chi connectivity index (χ1) is 9.70. The van der Waals surface area contributed by atoms with Crippen LogP contribution >= 0.6 is 11.3 Å². The summed E-state index contributed by atoms with van der Waals surface area (Å²) in [6.45, 7) is 2.02. The topological polar surface area (TPSA) is 29.5 Å². The highest BCUT2D eigenvalue weighted by Crippen LogP contribution is 2.37. The van der Waals surface area contributed by atoms with E-state index in [-0.39, 0.29) is 0 Å². The van der Waals surface area contributed by atoms with Crippen LogP contribution in [0.1, 0.15) is 22.8 Å². The van der Waals surface area contributed by atoms with Crippen molar-refractivity contribution in [3.63, 3.8) is 0 Å². The number of aryl methyl sites for hydroxylation is 1. The number of aliphatic hydroxyl groups is 1. The molecule has 1 aromatic heterocycles. The van der Waals surface area contributed by atoms with Crippen LogP contribution in [0.5, 0.6) is 5.75 Å². The molecule has 0 aliphatic carbocycles. The monoisotopic (exact) mass is 284 g/mol. The van der Waals surface area contributed by atoms with Crippen molar-refractivity contribution in [1.29, 1.82) is 0 Å². The molecule has 2 nitrogen and oxygen atoms in total. The van der Waals surface area contributed by atoms with Gasteiger partial charge in [-0.25, -0.2) is 0 Å². The van der Waals surface area contributed by atoms with Crippen molar-refractivity contribution in [1.82, 2.24) is 0 Å². The maximum absolute atomic E-state index is 10.7. The summed E-state index contributed by atoms with van der Waals surface area (Å²) in [6, 6.07) is 14.0. The second kappa shape index (κ2) is 5.27. The normalized spacial score (nSPS) is 12.6. The van der Waals surface area contributed by atoms with Crippen LogP contribution in [0.15, 0.2) is 47.8 Å². The Kier molecular flexibility index (Phi) is 3.47. The smallest absolute Gasteiger partial charge is 0.125 e.